The van der Waals surface area contributed by atoms with Crippen LogP contribution in [0, 0.1) is 13.8 Å². The standard InChI is InChI=1S/C15H12BrClN2/c1-9-7-11(16)15(17)14(8-9)19-10(2)18-12-5-3-4-6-13(12)19/h3-8H,1-2H3. The van der Waals surface area contributed by atoms with Crippen molar-refractivity contribution in [3.05, 3.63) is 57.3 Å². The molecule has 1 aromatic heterocycles. The summed E-state index contributed by atoms with van der Waals surface area (Å²) in [6, 6.07) is 12.2. The lowest BCUT2D eigenvalue weighted by Gasteiger charge is -2.11. The number of halogens is 2. The predicted molar refractivity (Wildman–Crippen MR) is 83.3 cm³/mol. The highest BCUT2D eigenvalue weighted by Crippen LogP contribution is 2.33. The van der Waals surface area contributed by atoms with E-state index in [0.29, 0.717) is 5.02 Å². The van der Waals surface area contributed by atoms with Crippen LogP contribution in [0.5, 0.6) is 0 Å². The Morgan fingerprint density at radius 3 is 2.68 bits per heavy atom. The van der Waals surface area contributed by atoms with Crippen LogP contribution in [0.4, 0.5) is 0 Å². The maximum atomic E-state index is 6.43. The smallest absolute Gasteiger partial charge is 0.111 e. The quantitative estimate of drug-likeness (QED) is 0.608. The van der Waals surface area contributed by atoms with Crippen LogP contribution in [0.15, 0.2) is 40.9 Å². The number of imidazole rings is 1. The van der Waals surface area contributed by atoms with Gasteiger partial charge in [-0.2, -0.15) is 0 Å². The van der Waals surface area contributed by atoms with E-state index >= 15 is 0 Å². The molecule has 3 aromatic rings. The molecule has 0 saturated heterocycles. The average Bonchev–Trinajstić information content (AvgIpc) is 2.70. The van der Waals surface area contributed by atoms with E-state index in [9.17, 15) is 0 Å². The minimum Gasteiger partial charge on any atom is -0.295 e. The van der Waals surface area contributed by atoms with Gasteiger partial charge < -0.3 is 0 Å². The molecule has 96 valence electrons. The van der Waals surface area contributed by atoms with Gasteiger partial charge in [-0.25, -0.2) is 4.98 Å². The molecule has 0 spiro atoms. The molecule has 0 saturated carbocycles. The van der Waals surface area contributed by atoms with Gasteiger partial charge in [-0.15, -0.1) is 0 Å². The minimum atomic E-state index is 0.705. The second-order valence-corrected chi connectivity index (χ2v) is 5.80. The first-order valence-corrected chi connectivity index (χ1v) is 7.15. The van der Waals surface area contributed by atoms with Crippen molar-refractivity contribution in [2.45, 2.75) is 13.8 Å². The summed E-state index contributed by atoms with van der Waals surface area (Å²) in [5, 5.41) is 0.705. The third kappa shape index (κ3) is 2.07. The van der Waals surface area contributed by atoms with E-state index in [-0.39, 0.29) is 0 Å². The van der Waals surface area contributed by atoms with Crippen LogP contribution < -0.4 is 0 Å². The number of aryl methyl sites for hydroxylation is 2. The molecular formula is C15H12BrClN2. The summed E-state index contributed by atoms with van der Waals surface area (Å²) >= 11 is 9.94. The Balaban J connectivity index is 2.39. The third-order valence-electron chi connectivity index (χ3n) is 3.12. The second kappa shape index (κ2) is 4.66. The molecule has 0 atom stereocenters. The van der Waals surface area contributed by atoms with E-state index in [0.717, 1.165) is 32.6 Å². The molecule has 0 aliphatic rings. The third-order valence-corrected chi connectivity index (χ3v) is 4.37. The maximum Gasteiger partial charge on any atom is 0.111 e. The van der Waals surface area contributed by atoms with E-state index in [1.807, 2.05) is 31.2 Å². The topological polar surface area (TPSA) is 17.8 Å². The van der Waals surface area contributed by atoms with Crippen molar-refractivity contribution in [2.24, 2.45) is 0 Å². The minimum absolute atomic E-state index is 0.705. The van der Waals surface area contributed by atoms with Crippen LogP contribution in [0.1, 0.15) is 11.4 Å². The van der Waals surface area contributed by atoms with E-state index in [2.05, 4.69) is 44.5 Å². The highest BCUT2D eigenvalue weighted by molar-refractivity contribution is 9.10. The number of fused-ring (bicyclic) bond motifs is 1. The average molecular weight is 336 g/mol. The van der Waals surface area contributed by atoms with Gasteiger partial charge in [0.25, 0.3) is 0 Å². The summed E-state index contributed by atoms with van der Waals surface area (Å²) in [6.07, 6.45) is 0. The van der Waals surface area contributed by atoms with Crippen LogP contribution in [-0.2, 0) is 0 Å². The van der Waals surface area contributed by atoms with Gasteiger partial charge in [0.15, 0.2) is 0 Å². The molecule has 2 aromatic carbocycles. The number of hydrogen-bond donors (Lipinski definition) is 0. The van der Waals surface area contributed by atoms with Gasteiger partial charge >= 0.3 is 0 Å². The largest absolute Gasteiger partial charge is 0.295 e. The predicted octanol–water partition coefficient (Wildman–Crippen LogP) is 5.06. The van der Waals surface area contributed by atoms with E-state index in [1.54, 1.807) is 0 Å². The molecule has 0 bridgehead atoms. The molecular weight excluding hydrogens is 324 g/mol. The van der Waals surface area contributed by atoms with E-state index < -0.39 is 0 Å². The molecule has 0 N–H and O–H groups in total. The number of hydrogen-bond acceptors (Lipinski definition) is 1. The van der Waals surface area contributed by atoms with Crippen molar-refractivity contribution >= 4 is 38.6 Å². The molecule has 19 heavy (non-hydrogen) atoms. The number of aromatic nitrogens is 2. The molecule has 0 unspecified atom stereocenters. The maximum absolute atomic E-state index is 6.43. The van der Waals surface area contributed by atoms with Crippen molar-refractivity contribution in [1.29, 1.82) is 0 Å². The Morgan fingerprint density at radius 1 is 1.16 bits per heavy atom. The fraction of sp³-hybridized carbons (Fsp3) is 0.133. The first-order chi connectivity index (χ1) is 9.08. The van der Waals surface area contributed by atoms with Gasteiger partial charge in [-0.1, -0.05) is 23.7 Å². The van der Waals surface area contributed by atoms with Crippen LogP contribution in [0.3, 0.4) is 0 Å². The van der Waals surface area contributed by atoms with Crippen LogP contribution in [0.2, 0.25) is 5.02 Å². The van der Waals surface area contributed by atoms with Crippen molar-refractivity contribution in [3.63, 3.8) is 0 Å². The van der Waals surface area contributed by atoms with E-state index in [4.69, 9.17) is 11.6 Å². The van der Waals surface area contributed by atoms with Gasteiger partial charge in [0.2, 0.25) is 0 Å². The fourth-order valence-electron chi connectivity index (χ4n) is 2.32. The molecule has 4 heteroatoms. The lowest BCUT2D eigenvalue weighted by atomic mass is 10.2. The first kappa shape index (κ1) is 12.7. The molecule has 3 rings (SSSR count). The lowest BCUT2D eigenvalue weighted by molar-refractivity contribution is 0.998. The Bertz CT molecular complexity index is 777. The first-order valence-electron chi connectivity index (χ1n) is 5.98. The van der Waals surface area contributed by atoms with Crippen molar-refractivity contribution < 1.29 is 0 Å². The number of benzene rings is 2. The van der Waals surface area contributed by atoms with Crippen molar-refractivity contribution in [1.82, 2.24) is 9.55 Å². The zero-order valence-corrected chi connectivity index (χ0v) is 13.0. The Morgan fingerprint density at radius 2 is 1.89 bits per heavy atom. The Kier molecular flexibility index (Phi) is 3.11. The highest BCUT2D eigenvalue weighted by atomic mass is 79.9. The summed E-state index contributed by atoms with van der Waals surface area (Å²) in [7, 11) is 0. The fourth-order valence-corrected chi connectivity index (χ4v) is 3.08. The molecule has 2 nitrogen and oxygen atoms in total. The molecule has 0 fully saturated rings. The Hall–Kier alpha value is -1.32. The van der Waals surface area contributed by atoms with Gasteiger partial charge in [-0.05, 0) is 59.6 Å². The zero-order valence-electron chi connectivity index (χ0n) is 10.6. The lowest BCUT2D eigenvalue weighted by Crippen LogP contribution is -1.99. The number of para-hydroxylation sites is 2. The SMILES string of the molecule is Cc1cc(Br)c(Cl)c(-n2c(C)nc3ccccc32)c1. The van der Waals surface area contributed by atoms with Crippen molar-refractivity contribution in [3.8, 4) is 5.69 Å². The zero-order chi connectivity index (χ0) is 13.6. The highest BCUT2D eigenvalue weighted by Gasteiger charge is 2.13. The molecule has 0 aliphatic heterocycles. The van der Waals surface area contributed by atoms with Crippen LogP contribution in [0.25, 0.3) is 16.7 Å². The summed E-state index contributed by atoms with van der Waals surface area (Å²) in [4.78, 5) is 4.58. The molecule has 0 amide bonds. The molecule has 0 aliphatic carbocycles. The van der Waals surface area contributed by atoms with Crippen LogP contribution in [-0.4, -0.2) is 9.55 Å². The molecule has 1 heterocycles. The van der Waals surface area contributed by atoms with Crippen LogP contribution >= 0.6 is 27.5 Å². The summed E-state index contributed by atoms with van der Waals surface area (Å²) in [5.41, 5.74) is 4.16. The monoisotopic (exact) mass is 334 g/mol. The van der Waals surface area contributed by atoms with Gasteiger partial charge in [-0.3, -0.25) is 4.57 Å². The number of rotatable bonds is 1. The van der Waals surface area contributed by atoms with Gasteiger partial charge in [0, 0.05) is 4.47 Å². The van der Waals surface area contributed by atoms with Crippen molar-refractivity contribution in [2.75, 3.05) is 0 Å². The number of nitrogens with zero attached hydrogens (tertiary/aromatic N) is 2. The summed E-state index contributed by atoms with van der Waals surface area (Å²) in [6.45, 7) is 4.05. The van der Waals surface area contributed by atoms with Gasteiger partial charge in [0.1, 0.15) is 5.82 Å². The summed E-state index contributed by atoms with van der Waals surface area (Å²) in [5.74, 6) is 0.931. The molecule has 0 radical (unpaired) electrons. The summed E-state index contributed by atoms with van der Waals surface area (Å²) < 4.78 is 3.00. The Labute approximate surface area is 125 Å². The van der Waals surface area contributed by atoms with Gasteiger partial charge in [0.05, 0.1) is 21.7 Å². The normalized spacial score (nSPS) is 11.2. The second-order valence-electron chi connectivity index (χ2n) is 4.56. The van der Waals surface area contributed by atoms with E-state index in [1.165, 1.54) is 0 Å².